The zero-order chi connectivity index (χ0) is 27.3. The van der Waals surface area contributed by atoms with Crippen molar-refractivity contribution >= 4 is 17.9 Å². The number of aryl methyl sites for hydroxylation is 1. The second-order valence-electron chi connectivity index (χ2n) is 10.0. The number of piperidine rings is 1. The number of hydrogen-bond donors (Lipinski definition) is 3. The standard InChI is InChI=1S/C26H33NO10/c1-13-6-7-17(34-5)21-20(13)25-10-11-27(4)15(3)26(25,33)9-8-18(22(25)37-21)36-23(31)14(2)35-24(32)16(28)12-19(29)30/h6-8,14-16,22,28,33H,9-12H2,1-5H3,(H,29,30)/t14-,15+,16-,22-,25-,26+/m0/s1. The van der Waals surface area contributed by atoms with Gasteiger partial charge in [0, 0.05) is 18.0 Å². The molecule has 0 unspecified atom stereocenters. The predicted molar refractivity (Wildman–Crippen MR) is 128 cm³/mol. The van der Waals surface area contributed by atoms with E-state index in [0.717, 1.165) is 11.1 Å². The molecule has 1 spiro atoms. The molecule has 0 saturated carbocycles. The Morgan fingerprint density at radius 3 is 2.62 bits per heavy atom. The minimum absolute atomic E-state index is 0.179. The summed E-state index contributed by atoms with van der Waals surface area (Å²) >= 11 is 0. The fraction of sp³-hybridized carbons (Fsp3) is 0.577. The van der Waals surface area contributed by atoms with Gasteiger partial charge in [-0.3, -0.25) is 4.79 Å². The van der Waals surface area contributed by atoms with Gasteiger partial charge in [-0.05, 0) is 58.5 Å². The van der Waals surface area contributed by atoms with E-state index in [9.17, 15) is 24.6 Å². The van der Waals surface area contributed by atoms with Gasteiger partial charge in [-0.1, -0.05) is 6.07 Å². The lowest BCUT2D eigenvalue weighted by atomic mass is 9.54. The Hall–Kier alpha value is -3.15. The molecule has 1 aliphatic carbocycles. The van der Waals surface area contributed by atoms with Crippen molar-refractivity contribution < 1.29 is 48.7 Å². The van der Waals surface area contributed by atoms with E-state index in [1.807, 2.05) is 27.0 Å². The molecule has 1 saturated heterocycles. The average Bonchev–Trinajstić information content (AvgIpc) is 3.20. The summed E-state index contributed by atoms with van der Waals surface area (Å²) in [6.07, 6.45) is -2.71. The number of likely N-dealkylation sites (N-methyl/N-ethyl adjacent to an activating group) is 1. The first kappa shape index (κ1) is 26.9. The van der Waals surface area contributed by atoms with Crippen LogP contribution in [0, 0.1) is 6.92 Å². The first-order chi connectivity index (χ1) is 17.4. The van der Waals surface area contributed by atoms with E-state index >= 15 is 0 Å². The molecule has 202 valence electrons. The monoisotopic (exact) mass is 519 g/mol. The SMILES string of the molecule is COc1ccc(C)c2c1O[C@H]1C(OC(=O)[C@H](C)OC(=O)[C@@H](O)CC(=O)O)=CC[C@@]3(O)[C@@H](C)N(C)CC[C@]213. The van der Waals surface area contributed by atoms with Crippen LogP contribution in [0.2, 0.25) is 0 Å². The number of carbonyl (C=O) groups is 3. The summed E-state index contributed by atoms with van der Waals surface area (Å²) in [7, 11) is 3.48. The van der Waals surface area contributed by atoms with Crippen LogP contribution in [-0.4, -0.2) is 88.8 Å². The summed E-state index contributed by atoms with van der Waals surface area (Å²) in [5, 5.41) is 30.7. The molecule has 4 rings (SSSR count). The third kappa shape index (κ3) is 4.14. The Morgan fingerprint density at radius 2 is 1.97 bits per heavy atom. The molecule has 37 heavy (non-hydrogen) atoms. The number of fused-ring (bicyclic) bond motifs is 1. The van der Waals surface area contributed by atoms with Crippen LogP contribution in [0.3, 0.4) is 0 Å². The van der Waals surface area contributed by atoms with Crippen molar-refractivity contribution in [3.05, 3.63) is 35.1 Å². The highest BCUT2D eigenvalue weighted by Crippen LogP contribution is 2.62. The van der Waals surface area contributed by atoms with Gasteiger partial charge in [-0.2, -0.15) is 0 Å². The summed E-state index contributed by atoms with van der Waals surface area (Å²) in [6.45, 7) is 5.82. The predicted octanol–water partition coefficient (Wildman–Crippen LogP) is 1.06. The molecule has 1 fully saturated rings. The molecule has 0 aromatic heterocycles. The summed E-state index contributed by atoms with van der Waals surface area (Å²) < 4.78 is 22.6. The fourth-order valence-electron chi connectivity index (χ4n) is 5.90. The molecule has 1 aromatic rings. The first-order valence-corrected chi connectivity index (χ1v) is 12.2. The molecular weight excluding hydrogens is 486 g/mol. The van der Waals surface area contributed by atoms with Gasteiger partial charge in [0.25, 0.3) is 0 Å². The number of methoxy groups -OCH3 is 1. The highest BCUT2D eigenvalue weighted by atomic mass is 16.6. The van der Waals surface area contributed by atoms with Crippen LogP contribution in [0.1, 0.15) is 44.2 Å². The van der Waals surface area contributed by atoms with E-state index in [4.69, 9.17) is 24.1 Å². The Balaban J connectivity index is 1.67. The molecule has 6 atom stereocenters. The lowest BCUT2D eigenvalue weighted by molar-refractivity contribution is -0.176. The number of aliphatic hydroxyl groups excluding tert-OH is 1. The van der Waals surface area contributed by atoms with Crippen LogP contribution >= 0.6 is 0 Å². The average molecular weight is 520 g/mol. The number of hydrogen-bond acceptors (Lipinski definition) is 10. The number of ether oxygens (including phenoxy) is 4. The van der Waals surface area contributed by atoms with Crippen molar-refractivity contribution in [3.8, 4) is 11.5 Å². The van der Waals surface area contributed by atoms with Crippen LogP contribution in [-0.2, 0) is 29.3 Å². The van der Waals surface area contributed by atoms with Crippen molar-refractivity contribution in [3.63, 3.8) is 0 Å². The largest absolute Gasteiger partial charge is 0.493 e. The summed E-state index contributed by atoms with van der Waals surface area (Å²) in [5.41, 5.74) is -0.454. The van der Waals surface area contributed by atoms with E-state index < -0.39 is 53.7 Å². The second-order valence-corrected chi connectivity index (χ2v) is 10.0. The quantitative estimate of drug-likeness (QED) is 0.443. The maximum absolute atomic E-state index is 12.9. The highest BCUT2D eigenvalue weighted by Gasteiger charge is 2.69. The van der Waals surface area contributed by atoms with Gasteiger partial charge < -0.3 is 39.2 Å². The molecule has 2 aliphatic heterocycles. The third-order valence-electron chi connectivity index (χ3n) is 8.02. The molecular formula is C26H33NO10. The van der Waals surface area contributed by atoms with Crippen molar-refractivity contribution in [2.24, 2.45) is 0 Å². The van der Waals surface area contributed by atoms with Crippen LogP contribution in [0.4, 0.5) is 0 Å². The Morgan fingerprint density at radius 1 is 1.27 bits per heavy atom. The van der Waals surface area contributed by atoms with E-state index in [2.05, 4.69) is 4.90 Å². The van der Waals surface area contributed by atoms with Crippen LogP contribution in [0.15, 0.2) is 24.0 Å². The molecule has 3 aliphatic rings. The van der Waals surface area contributed by atoms with Crippen LogP contribution in [0.5, 0.6) is 11.5 Å². The van der Waals surface area contributed by atoms with Gasteiger partial charge in [0.15, 0.2) is 29.8 Å². The van der Waals surface area contributed by atoms with Crippen LogP contribution in [0.25, 0.3) is 0 Å². The number of likely N-dealkylation sites (tertiary alicyclic amines) is 1. The number of aliphatic carboxylic acids is 1. The zero-order valence-electron chi connectivity index (χ0n) is 21.5. The van der Waals surface area contributed by atoms with E-state index in [0.29, 0.717) is 24.5 Å². The molecule has 2 heterocycles. The molecule has 11 heteroatoms. The van der Waals surface area contributed by atoms with Crippen molar-refractivity contribution in [1.29, 1.82) is 0 Å². The lowest BCUT2D eigenvalue weighted by Gasteiger charge is -2.58. The van der Waals surface area contributed by atoms with Gasteiger partial charge in [0.2, 0.25) is 0 Å². The number of carboxylic acid groups (broad SMARTS) is 1. The van der Waals surface area contributed by atoms with E-state index in [-0.39, 0.29) is 18.2 Å². The number of carboxylic acids is 1. The number of aliphatic hydroxyl groups is 2. The van der Waals surface area contributed by atoms with Gasteiger partial charge >= 0.3 is 17.9 Å². The van der Waals surface area contributed by atoms with Gasteiger partial charge in [-0.15, -0.1) is 0 Å². The number of carbonyl (C=O) groups excluding carboxylic acids is 2. The molecule has 0 amide bonds. The molecule has 3 N–H and O–H groups in total. The smallest absolute Gasteiger partial charge is 0.352 e. The topological polar surface area (TPSA) is 152 Å². The minimum atomic E-state index is -1.91. The first-order valence-electron chi connectivity index (χ1n) is 12.2. The number of rotatable bonds is 7. The van der Waals surface area contributed by atoms with E-state index in [1.54, 1.807) is 12.1 Å². The van der Waals surface area contributed by atoms with Gasteiger partial charge in [0.05, 0.1) is 24.5 Å². The molecule has 0 radical (unpaired) electrons. The van der Waals surface area contributed by atoms with Gasteiger partial charge in [-0.25, -0.2) is 9.59 Å². The zero-order valence-corrected chi connectivity index (χ0v) is 21.5. The van der Waals surface area contributed by atoms with Crippen molar-refractivity contribution in [2.45, 2.75) is 75.4 Å². The van der Waals surface area contributed by atoms with Crippen LogP contribution < -0.4 is 9.47 Å². The van der Waals surface area contributed by atoms with Crippen molar-refractivity contribution in [2.75, 3.05) is 20.7 Å². The highest BCUT2D eigenvalue weighted by molar-refractivity contribution is 5.84. The van der Waals surface area contributed by atoms with Gasteiger partial charge in [0.1, 0.15) is 5.76 Å². The minimum Gasteiger partial charge on any atom is -0.493 e. The number of esters is 2. The Kier molecular flexibility index (Phi) is 7.00. The third-order valence-corrected chi connectivity index (χ3v) is 8.02. The van der Waals surface area contributed by atoms with Crippen molar-refractivity contribution in [1.82, 2.24) is 4.90 Å². The number of benzene rings is 1. The summed E-state index contributed by atoms with van der Waals surface area (Å²) in [5.74, 6) is -2.39. The Bertz CT molecular complexity index is 1150. The maximum Gasteiger partial charge on any atom is 0.352 e. The second kappa shape index (κ2) is 9.62. The summed E-state index contributed by atoms with van der Waals surface area (Å²) in [4.78, 5) is 37.7. The molecule has 0 bridgehead atoms. The Labute approximate surface area is 214 Å². The molecule has 11 nitrogen and oxygen atoms in total. The maximum atomic E-state index is 12.9. The fourth-order valence-corrected chi connectivity index (χ4v) is 5.90. The lowest BCUT2D eigenvalue weighted by Crippen LogP contribution is -2.71. The molecule has 1 aromatic carbocycles. The normalized spacial score (nSPS) is 30.0. The van der Waals surface area contributed by atoms with E-state index in [1.165, 1.54) is 14.0 Å². The summed E-state index contributed by atoms with van der Waals surface area (Å²) in [6, 6.07) is 3.46. The number of nitrogens with zero attached hydrogens (tertiary/aromatic N) is 1.